The summed E-state index contributed by atoms with van der Waals surface area (Å²) in [4.78, 5) is 13.5. The number of amides is 1. The molecule has 0 saturated heterocycles. The van der Waals surface area contributed by atoms with Crippen LogP contribution in [0.15, 0.2) is 40.8 Å². The Balaban J connectivity index is 2.09. The van der Waals surface area contributed by atoms with E-state index < -0.39 is 6.10 Å². The van der Waals surface area contributed by atoms with Gasteiger partial charge in [-0.3, -0.25) is 4.79 Å². The van der Waals surface area contributed by atoms with Crippen LogP contribution in [0.3, 0.4) is 0 Å². The summed E-state index contributed by atoms with van der Waals surface area (Å²) >= 11 is 0. The monoisotopic (exact) mass is 289 g/mol. The highest BCUT2D eigenvalue weighted by atomic mass is 16.3. The van der Waals surface area contributed by atoms with Crippen LogP contribution in [-0.4, -0.2) is 47.3 Å². The van der Waals surface area contributed by atoms with Gasteiger partial charge in [0, 0.05) is 24.7 Å². The van der Waals surface area contributed by atoms with E-state index in [9.17, 15) is 9.90 Å². The summed E-state index contributed by atoms with van der Waals surface area (Å²) < 4.78 is 5.53. The number of aliphatic hydroxyl groups is 2. The molecule has 2 aromatic rings. The molecular weight excluding hydrogens is 270 g/mol. The second kappa shape index (κ2) is 6.56. The molecule has 1 atom stereocenters. The molecule has 2 rings (SSSR count). The average Bonchev–Trinajstić information content (AvgIpc) is 2.93. The Morgan fingerprint density at radius 1 is 1.24 bits per heavy atom. The summed E-state index contributed by atoms with van der Waals surface area (Å²) in [6, 6.07) is 10.9. The lowest BCUT2D eigenvalue weighted by atomic mass is 10.1. The highest BCUT2D eigenvalue weighted by Gasteiger charge is 2.15. The van der Waals surface area contributed by atoms with E-state index in [-0.39, 0.29) is 19.1 Å². The molecule has 1 aromatic heterocycles. The summed E-state index contributed by atoms with van der Waals surface area (Å²) in [6.07, 6.45) is -0.927. The molecule has 5 heteroatoms. The molecule has 1 heterocycles. The maximum absolute atomic E-state index is 12.2. The van der Waals surface area contributed by atoms with Gasteiger partial charge in [0.1, 0.15) is 11.5 Å². The Morgan fingerprint density at radius 3 is 2.43 bits per heavy atom. The first-order chi connectivity index (χ1) is 10.0. The lowest BCUT2D eigenvalue weighted by Gasteiger charge is -2.19. The van der Waals surface area contributed by atoms with Crippen molar-refractivity contribution in [1.82, 2.24) is 4.90 Å². The zero-order chi connectivity index (χ0) is 15.4. The van der Waals surface area contributed by atoms with Gasteiger partial charge in [-0.1, -0.05) is 12.1 Å². The van der Waals surface area contributed by atoms with Crippen LogP contribution in [-0.2, 0) is 0 Å². The molecule has 0 aliphatic carbocycles. The van der Waals surface area contributed by atoms with Gasteiger partial charge in [0.2, 0.25) is 0 Å². The predicted molar refractivity (Wildman–Crippen MR) is 78.9 cm³/mol. The van der Waals surface area contributed by atoms with Crippen LogP contribution >= 0.6 is 0 Å². The number of aliphatic hydroxyl groups excluding tert-OH is 2. The van der Waals surface area contributed by atoms with Crippen LogP contribution in [0.5, 0.6) is 0 Å². The zero-order valence-electron chi connectivity index (χ0n) is 12.1. The summed E-state index contributed by atoms with van der Waals surface area (Å²) in [6.45, 7) is 1.60. The molecule has 5 nitrogen and oxygen atoms in total. The lowest BCUT2D eigenvalue weighted by Crippen LogP contribution is -2.35. The number of benzene rings is 1. The van der Waals surface area contributed by atoms with Crippen molar-refractivity contribution in [3.63, 3.8) is 0 Å². The van der Waals surface area contributed by atoms with Gasteiger partial charge in [-0.2, -0.15) is 0 Å². The molecule has 0 aliphatic rings. The lowest BCUT2D eigenvalue weighted by molar-refractivity contribution is 0.0520. The van der Waals surface area contributed by atoms with E-state index >= 15 is 0 Å². The van der Waals surface area contributed by atoms with E-state index in [1.165, 1.54) is 4.90 Å². The summed E-state index contributed by atoms with van der Waals surface area (Å²) in [5.41, 5.74) is 1.42. The number of hydrogen-bond acceptors (Lipinski definition) is 4. The standard InChI is InChI=1S/C16H19NO4/c1-11-3-8-15(21-11)12-4-6-13(7-5-12)16(20)17(2)9-14(19)10-18/h3-8,14,18-19H,9-10H2,1-2H3. The van der Waals surface area contributed by atoms with Crippen LogP contribution in [0.25, 0.3) is 11.3 Å². The second-order valence-electron chi connectivity index (χ2n) is 5.01. The van der Waals surface area contributed by atoms with Crippen LogP contribution < -0.4 is 0 Å². The summed E-state index contributed by atoms with van der Waals surface area (Å²) in [5.74, 6) is 1.39. The fourth-order valence-corrected chi connectivity index (χ4v) is 2.04. The van der Waals surface area contributed by atoms with E-state index in [1.807, 2.05) is 31.2 Å². The van der Waals surface area contributed by atoms with Crippen LogP contribution in [0, 0.1) is 6.92 Å². The van der Waals surface area contributed by atoms with Crippen molar-refractivity contribution in [2.45, 2.75) is 13.0 Å². The molecule has 0 fully saturated rings. The number of furan rings is 1. The summed E-state index contributed by atoms with van der Waals surface area (Å²) in [5, 5.41) is 18.2. The van der Waals surface area contributed by atoms with Gasteiger partial charge in [-0.15, -0.1) is 0 Å². The number of rotatable bonds is 5. The number of carbonyl (C=O) groups excluding carboxylic acids is 1. The third-order valence-corrected chi connectivity index (χ3v) is 3.20. The molecule has 0 spiro atoms. The van der Waals surface area contributed by atoms with Gasteiger partial charge >= 0.3 is 0 Å². The van der Waals surface area contributed by atoms with Gasteiger partial charge in [0.05, 0.1) is 12.7 Å². The van der Waals surface area contributed by atoms with Crippen molar-refractivity contribution in [1.29, 1.82) is 0 Å². The number of hydrogen-bond donors (Lipinski definition) is 2. The quantitative estimate of drug-likeness (QED) is 0.878. The number of likely N-dealkylation sites (N-methyl/N-ethyl adjacent to an activating group) is 1. The van der Waals surface area contributed by atoms with Crippen LogP contribution in [0.1, 0.15) is 16.1 Å². The zero-order valence-corrected chi connectivity index (χ0v) is 12.1. The van der Waals surface area contributed by atoms with Gasteiger partial charge in [-0.25, -0.2) is 0 Å². The highest BCUT2D eigenvalue weighted by molar-refractivity contribution is 5.94. The van der Waals surface area contributed by atoms with E-state index in [4.69, 9.17) is 9.52 Å². The van der Waals surface area contributed by atoms with Gasteiger partial charge in [0.25, 0.3) is 5.91 Å². The largest absolute Gasteiger partial charge is 0.461 e. The number of nitrogens with zero attached hydrogens (tertiary/aromatic N) is 1. The Bertz CT molecular complexity index is 603. The molecule has 1 unspecified atom stereocenters. The molecule has 0 aliphatic heterocycles. The molecule has 112 valence electrons. The minimum Gasteiger partial charge on any atom is -0.461 e. The van der Waals surface area contributed by atoms with Crippen molar-refractivity contribution in [3.05, 3.63) is 47.7 Å². The van der Waals surface area contributed by atoms with Crippen molar-refractivity contribution < 1.29 is 19.4 Å². The van der Waals surface area contributed by atoms with Crippen LogP contribution in [0.4, 0.5) is 0 Å². The van der Waals surface area contributed by atoms with Gasteiger partial charge in [-0.05, 0) is 31.2 Å². The molecule has 1 aromatic carbocycles. The smallest absolute Gasteiger partial charge is 0.253 e. The molecule has 2 N–H and O–H groups in total. The van der Waals surface area contributed by atoms with Crippen molar-refractivity contribution in [2.24, 2.45) is 0 Å². The first-order valence-electron chi connectivity index (χ1n) is 6.72. The van der Waals surface area contributed by atoms with Crippen molar-refractivity contribution in [3.8, 4) is 11.3 Å². The molecule has 1 amide bonds. The van der Waals surface area contributed by atoms with Gasteiger partial charge < -0.3 is 19.5 Å². The second-order valence-corrected chi connectivity index (χ2v) is 5.01. The maximum atomic E-state index is 12.2. The minimum absolute atomic E-state index is 0.0917. The topological polar surface area (TPSA) is 73.9 Å². The molecule has 0 bridgehead atoms. The Hall–Kier alpha value is -2.11. The molecule has 0 saturated carbocycles. The van der Waals surface area contributed by atoms with Crippen LogP contribution in [0.2, 0.25) is 0 Å². The first kappa shape index (κ1) is 15.3. The van der Waals surface area contributed by atoms with E-state index in [0.29, 0.717) is 5.56 Å². The molecular formula is C16H19NO4. The Kier molecular flexibility index (Phi) is 4.77. The fourth-order valence-electron chi connectivity index (χ4n) is 2.04. The molecule has 21 heavy (non-hydrogen) atoms. The van der Waals surface area contributed by atoms with E-state index in [2.05, 4.69) is 0 Å². The third-order valence-electron chi connectivity index (χ3n) is 3.20. The Morgan fingerprint density at radius 2 is 1.90 bits per heavy atom. The van der Waals surface area contributed by atoms with E-state index in [0.717, 1.165) is 17.1 Å². The van der Waals surface area contributed by atoms with Crippen molar-refractivity contribution in [2.75, 3.05) is 20.2 Å². The van der Waals surface area contributed by atoms with E-state index in [1.54, 1.807) is 19.2 Å². The summed E-state index contributed by atoms with van der Waals surface area (Å²) in [7, 11) is 1.59. The maximum Gasteiger partial charge on any atom is 0.253 e. The first-order valence-corrected chi connectivity index (χ1v) is 6.72. The predicted octanol–water partition coefficient (Wildman–Crippen LogP) is 1.68. The number of aryl methyl sites for hydroxylation is 1. The minimum atomic E-state index is -0.927. The highest BCUT2D eigenvalue weighted by Crippen LogP contribution is 2.22. The normalized spacial score (nSPS) is 12.2. The van der Waals surface area contributed by atoms with Gasteiger partial charge in [0.15, 0.2) is 0 Å². The Labute approximate surface area is 123 Å². The fraction of sp³-hybridized carbons (Fsp3) is 0.312. The average molecular weight is 289 g/mol. The van der Waals surface area contributed by atoms with Crippen molar-refractivity contribution >= 4 is 5.91 Å². The molecule has 0 radical (unpaired) electrons. The SMILES string of the molecule is Cc1ccc(-c2ccc(C(=O)N(C)CC(O)CO)cc2)o1. The number of carbonyl (C=O) groups is 1. The third kappa shape index (κ3) is 3.71.